The Kier molecular flexibility index (Phi) is 1.91. The summed E-state index contributed by atoms with van der Waals surface area (Å²) >= 11 is 0. The molecular weight excluding hydrogens is 192 g/mol. The highest BCUT2D eigenvalue weighted by Gasteiger charge is 2.59. The third-order valence-corrected chi connectivity index (χ3v) is 4.92. The average Bonchev–Trinajstić information content (AvgIpc) is 2.34. The molecule has 0 spiro atoms. The summed E-state index contributed by atoms with van der Waals surface area (Å²) < 4.78 is 0. The second kappa shape index (κ2) is 2.97. The summed E-state index contributed by atoms with van der Waals surface area (Å²) in [5, 5.41) is 17.4. The first kappa shape index (κ1) is 9.64. The van der Waals surface area contributed by atoms with Gasteiger partial charge in [0.15, 0.2) is 5.60 Å². The number of carboxylic acid groups (broad SMARTS) is 1. The Morgan fingerprint density at radius 1 is 1.27 bits per heavy atom. The maximum Gasteiger partial charge on any atom is 0.311 e. The maximum absolute atomic E-state index is 10.9. The van der Waals surface area contributed by atoms with Crippen LogP contribution in [0.3, 0.4) is 0 Å². The quantitative estimate of drug-likeness (QED) is 0.701. The molecule has 3 N–H and O–H groups in total. The molecule has 0 heterocycles. The van der Waals surface area contributed by atoms with Crippen molar-refractivity contribution in [1.29, 1.82) is 0 Å². The molecule has 3 bridgehead atoms. The summed E-state index contributed by atoms with van der Waals surface area (Å²) in [5.74, 6) is 1.76. The van der Waals surface area contributed by atoms with Crippen LogP contribution in [-0.4, -0.2) is 21.8 Å². The maximum atomic E-state index is 10.9. The van der Waals surface area contributed by atoms with Crippen LogP contribution in [0.4, 0.5) is 0 Å². The van der Waals surface area contributed by atoms with Gasteiger partial charge in [0, 0.05) is 12.3 Å². The zero-order chi connectivity index (χ0) is 10.6. The van der Waals surface area contributed by atoms with Crippen LogP contribution in [0, 0.1) is 23.7 Å². The summed E-state index contributed by atoms with van der Waals surface area (Å²) in [6.07, 6.45) is 5.88. The van der Waals surface area contributed by atoms with Gasteiger partial charge in [0.25, 0.3) is 0 Å². The molecule has 0 amide bonds. The molecule has 0 aromatic rings. The van der Waals surface area contributed by atoms with E-state index >= 15 is 0 Å². The Bertz CT molecular complexity index is 299. The van der Waals surface area contributed by atoms with Gasteiger partial charge in [-0.25, -0.2) is 0 Å². The molecule has 84 valence electrons. The molecule has 15 heavy (non-hydrogen) atoms. The molecule has 0 aromatic carbocycles. The minimum Gasteiger partial charge on any atom is -0.481 e. The van der Waals surface area contributed by atoms with Crippen molar-refractivity contribution in [3.05, 3.63) is 0 Å². The normalized spacial score (nSPS) is 52.1. The summed E-state index contributed by atoms with van der Waals surface area (Å²) in [6, 6.07) is 0. The first-order valence-electron chi connectivity index (χ1n) is 6.03. The molecular formula is C12H19O3+. The first-order chi connectivity index (χ1) is 7.07. The number of rotatable bonds is 2. The highest BCUT2D eigenvalue weighted by atomic mass is 16.4. The van der Waals surface area contributed by atoms with Crippen molar-refractivity contribution in [2.75, 3.05) is 0 Å². The molecule has 3 saturated carbocycles. The lowest BCUT2D eigenvalue weighted by molar-refractivity contribution is -0.150. The molecule has 3 aliphatic carbocycles. The van der Waals surface area contributed by atoms with Gasteiger partial charge in [-0.3, -0.25) is 4.79 Å². The molecule has 0 radical (unpaired) electrons. The van der Waals surface area contributed by atoms with E-state index in [2.05, 4.69) is 0 Å². The third-order valence-electron chi connectivity index (χ3n) is 4.92. The van der Waals surface area contributed by atoms with Crippen LogP contribution >= 0.6 is 0 Å². The summed E-state index contributed by atoms with van der Waals surface area (Å²) in [7, 11) is 0. The standard InChI is InChI=1S/C12H18O3/c13-11(14)6-12(15)5-8-1-7-2-9(3-8)10(12)4-7/h7-10,15H,1-6H2,(H,13,14)/p+1/t7?,8?,9?,10?,12-/m1/s1. The smallest absolute Gasteiger partial charge is 0.311 e. The van der Waals surface area contributed by atoms with Gasteiger partial charge < -0.3 is 10.2 Å². The van der Waals surface area contributed by atoms with Gasteiger partial charge in [-0.1, -0.05) is 0 Å². The van der Waals surface area contributed by atoms with E-state index in [1.54, 1.807) is 0 Å². The van der Waals surface area contributed by atoms with Crippen molar-refractivity contribution in [1.82, 2.24) is 0 Å². The molecule has 0 aromatic heterocycles. The van der Waals surface area contributed by atoms with E-state index in [4.69, 9.17) is 10.2 Å². The lowest BCUT2D eigenvalue weighted by atomic mass is 9.64. The zero-order valence-electron chi connectivity index (χ0n) is 8.91. The molecule has 3 rings (SSSR count). The van der Waals surface area contributed by atoms with Gasteiger partial charge >= 0.3 is 5.97 Å². The average molecular weight is 211 g/mol. The number of carboxylic acids is 1. The minimum atomic E-state index is -0.783. The molecule has 0 aliphatic heterocycles. The lowest BCUT2D eigenvalue weighted by Gasteiger charge is -2.41. The molecule has 5 atom stereocenters. The largest absolute Gasteiger partial charge is 0.481 e. The van der Waals surface area contributed by atoms with Crippen LogP contribution in [0.1, 0.15) is 38.5 Å². The Balaban J connectivity index is 1.88. The van der Waals surface area contributed by atoms with Crippen molar-refractivity contribution >= 4 is 5.97 Å². The summed E-state index contributed by atoms with van der Waals surface area (Å²) in [6.45, 7) is 0. The van der Waals surface area contributed by atoms with Crippen LogP contribution in [0.25, 0.3) is 0 Å². The summed E-state index contributed by atoms with van der Waals surface area (Å²) in [5.41, 5.74) is -0.634. The molecule has 4 unspecified atom stereocenters. The van der Waals surface area contributed by atoms with E-state index in [0.717, 1.165) is 18.8 Å². The minimum absolute atomic E-state index is 0.0669. The zero-order valence-corrected chi connectivity index (χ0v) is 8.91. The molecule has 0 saturated heterocycles. The van der Waals surface area contributed by atoms with E-state index < -0.39 is 11.6 Å². The Hall–Kier alpha value is -0.570. The van der Waals surface area contributed by atoms with E-state index in [1.165, 1.54) is 19.3 Å². The van der Waals surface area contributed by atoms with Crippen LogP contribution in [0.15, 0.2) is 0 Å². The Morgan fingerprint density at radius 3 is 2.73 bits per heavy atom. The van der Waals surface area contributed by atoms with Crippen molar-refractivity contribution in [3.8, 4) is 0 Å². The third kappa shape index (κ3) is 1.40. The molecule has 3 heteroatoms. The van der Waals surface area contributed by atoms with Crippen molar-refractivity contribution in [3.63, 3.8) is 0 Å². The Morgan fingerprint density at radius 2 is 2.00 bits per heavy atom. The number of fused-ring (bicyclic) bond motifs is 2. The monoisotopic (exact) mass is 211 g/mol. The van der Waals surface area contributed by atoms with Crippen LogP contribution < -0.4 is 0 Å². The van der Waals surface area contributed by atoms with Gasteiger partial charge in [-0.2, -0.15) is 0 Å². The van der Waals surface area contributed by atoms with E-state index in [-0.39, 0.29) is 6.42 Å². The van der Waals surface area contributed by atoms with Crippen LogP contribution in [-0.2, 0) is 4.79 Å². The molecule has 3 fully saturated rings. The van der Waals surface area contributed by atoms with Crippen LogP contribution in [0.5, 0.6) is 0 Å². The van der Waals surface area contributed by atoms with Gasteiger partial charge in [-0.15, -0.1) is 0 Å². The fourth-order valence-corrected chi connectivity index (χ4v) is 4.67. The number of aliphatic carboxylic acids is 1. The lowest BCUT2D eigenvalue weighted by Crippen LogP contribution is -2.47. The second-order valence-corrected chi connectivity index (χ2v) is 5.97. The fourth-order valence-electron chi connectivity index (χ4n) is 4.67. The predicted octanol–water partition coefficient (Wildman–Crippen LogP) is 1.38. The highest BCUT2D eigenvalue weighted by Crippen LogP contribution is 2.59. The van der Waals surface area contributed by atoms with Crippen molar-refractivity contribution in [2.24, 2.45) is 23.7 Å². The highest BCUT2D eigenvalue weighted by molar-refractivity contribution is 5.68. The Labute approximate surface area is 89.5 Å². The van der Waals surface area contributed by atoms with Crippen molar-refractivity contribution < 1.29 is 15.0 Å². The number of carbonyl (C=O) groups is 1. The first-order valence-corrected chi connectivity index (χ1v) is 6.03. The summed E-state index contributed by atoms with van der Waals surface area (Å²) in [4.78, 5) is 10.9. The van der Waals surface area contributed by atoms with Crippen LogP contribution in [0.2, 0.25) is 0 Å². The van der Waals surface area contributed by atoms with Gasteiger partial charge in [-0.05, 0) is 43.4 Å². The predicted molar refractivity (Wildman–Crippen MR) is 55.6 cm³/mol. The van der Waals surface area contributed by atoms with E-state index in [1.807, 2.05) is 0 Å². The van der Waals surface area contributed by atoms with Gasteiger partial charge in [0.05, 0.1) is 0 Å². The number of hydrogen-bond donors (Lipinski definition) is 1. The topological polar surface area (TPSA) is 60.2 Å². The van der Waals surface area contributed by atoms with Gasteiger partial charge in [0.2, 0.25) is 0 Å². The SMILES string of the molecule is O=C(O)C[C@]1([OH2+])CC2CC3CC(C2)C1C3. The van der Waals surface area contributed by atoms with E-state index in [0.29, 0.717) is 17.8 Å². The van der Waals surface area contributed by atoms with E-state index in [9.17, 15) is 4.79 Å². The number of hydrogen-bond acceptors (Lipinski definition) is 1. The second-order valence-electron chi connectivity index (χ2n) is 5.97. The van der Waals surface area contributed by atoms with Gasteiger partial charge in [0.1, 0.15) is 6.42 Å². The molecule has 3 aliphatic rings. The fraction of sp³-hybridized carbons (Fsp3) is 0.917. The van der Waals surface area contributed by atoms with Crippen molar-refractivity contribution in [2.45, 2.75) is 44.1 Å². The molecule has 3 nitrogen and oxygen atoms in total.